The molecule has 1 radical (unpaired) electrons. The van der Waals surface area contributed by atoms with E-state index in [1.165, 1.54) is 13.2 Å². The van der Waals surface area contributed by atoms with Crippen molar-refractivity contribution in [1.29, 1.82) is 0 Å². The van der Waals surface area contributed by atoms with E-state index in [1.54, 1.807) is 37.4 Å². The van der Waals surface area contributed by atoms with Crippen LogP contribution in [0, 0.1) is 51.0 Å². The molecule has 0 atom stereocenters. The van der Waals surface area contributed by atoms with Crippen LogP contribution in [0.2, 0.25) is 0 Å². The van der Waals surface area contributed by atoms with Gasteiger partial charge in [-0.05, 0) is 36.8 Å². The Morgan fingerprint density at radius 1 is 1.04 bits per heavy atom. The van der Waals surface area contributed by atoms with E-state index in [9.17, 15) is 9.90 Å². The van der Waals surface area contributed by atoms with Crippen molar-refractivity contribution in [3.63, 3.8) is 0 Å². The van der Waals surface area contributed by atoms with Gasteiger partial charge in [0.1, 0.15) is 22.8 Å². The Balaban J connectivity index is 0.00000208. The van der Waals surface area contributed by atoms with Crippen molar-refractivity contribution in [2.75, 3.05) is 14.2 Å². The average Bonchev–Trinajstić information content (AvgIpc) is 2.54. The molecule has 3 rings (SSSR count). The zero-order valence-electron chi connectivity index (χ0n) is 13.6. The Bertz CT molecular complexity index is 946. The first-order chi connectivity index (χ1) is 11.0. The molecule has 1 N–H and O–H groups in total. The summed E-state index contributed by atoms with van der Waals surface area (Å²) in [6.45, 7) is 1.84. The van der Waals surface area contributed by atoms with Gasteiger partial charge in [0.05, 0.1) is 19.8 Å². The number of methoxy groups -OCH3 is 2. The summed E-state index contributed by atoms with van der Waals surface area (Å²) in [5.41, 5.74) is 1.70. The van der Waals surface area contributed by atoms with Crippen molar-refractivity contribution < 1.29 is 63.1 Å². The monoisotopic (exact) mass is 539 g/mol. The van der Waals surface area contributed by atoms with Crippen molar-refractivity contribution in [3.05, 3.63) is 52.4 Å². The maximum atomic E-state index is 12.5. The van der Waals surface area contributed by atoms with Gasteiger partial charge < -0.3 is 19.0 Å². The van der Waals surface area contributed by atoms with E-state index in [0.717, 1.165) is 10.9 Å². The SMILES string of the molecule is COc1ccc(-c2c(C)c3ccc(O)cc3oc2=O)c(OC)c1.[Ac]. The van der Waals surface area contributed by atoms with E-state index in [4.69, 9.17) is 13.9 Å². The normalized spacial score (nSPS) is 10.3. The minimum absolute atomic E-state index is 0. The standard InChI is InChI=1S/C18H16O5.Ac/c1-10-13-6-4-11(19)8-16(13)23-18(20)17(10)14-7-5-12(21-2)9-15(14)22-3;/h4-9,19H,1-3H3;. The van der Waals surface area contributed by atoms with E-state index in [2.05, 4.69) is 0 Å². The van der Waals surface area contributed by atoms with E-state index in [0.29, 0.717) is 28.2 Å². The molecule has 2 aromatic carbocycles. The maximum Gasteiger partial charge on any atom is 0.344 e. The second kappa shape index (κ2) is 7.59. The molecule has 6 heteroatoms. The van der Waals surface area contributed by atoms with Crippen molar-refractivity contribution in [2.45, 2.75) is 6.92 Å². The molecule has 1 heterocycles. The first-order valence-corrected chi connectivity index (χ1v) is 7.04. The Kier molecular flexibility index (Phi) is 5.95. The predicted molar refractivity (Wildman–Crippen MR) is 87.4 cm³/mol. The number of phenols is 1. The molecule has 0 fully saturated rings. The molecule has 0 aliphatic carbocycles. The number of fused-ring (bicyclic) bond motifs is 1. The van der Waals surface area contributed by atoms with Crippen LogP contribution in [-0.2, 0) is 0 Å². The zero-order chi connectivity index (χ0) is 16.6. The summed E-state index contributed by atoms with van der Waals surface area (Å²) in [5.74, 6) is 1.21. The quantitative estimate of drug-likeness (QED) is 0.517. The minimum atomic E-state index is -0.482. The predicted octanol–water partition coefficient (Wildman–Crippen LogP) is 3.49. The third-order valence-corrected chi connectivity index (χ3v) is 3.83. The molecule has 0 aliphatic heterocycles. The summed E-state index contributed by atoms with van der Waals surface area (Å²) in [4.78, 5) is 12.5. The second-order valence-electron chi connectivity index (χ2n) is 5.14. The molecule has 1 aromatic heterocycles. The summed E-state index contributed by atoms with van der Waals surface area (Å²) in [7, 11) is 3.10. The van der Waals surface area contributed by atoms with Gasteiger partial charge in [-0.15, -0.1) is 0 Å². The average molecular weight is 539 g/mol. The number of benzene rings is 2. The number of aromatic hydroxyl groups is 1. The summed E-state index contributed by atoms with van der Waals surface area (Å²) >= 11 is 0. The third kappa shape index (κ3) is 3.31. The molecule has 0 saturated heterocycles. The van der Waals surface area contributed by atoms with Gasteiger partial charge in [0.2, 0.25) is 0 Å². The van der Waals surface area contributed by atoms with Crippen molar-refractivity contribution >= 4 is 11.0 Å². The molecule has 0 saturated carbocycles. The first kappa shape index (κ1) is 18.8. The molecule has 5 nitrogen and oxygen atoms in total. The summed E-state index contributed by atoms with van der Waals surface area (Å²) in [6, 6.07) is 9.96. The van der Waals surface area contributed by atoms with Crippen LogP contribution in [0.15, 0.2) is 45.6 Å². The number of hydrogen-bond donors (Lipinski definition) is 1. The van der Waals surface area contributed by atoms with Crippen LogP contribution in [-0.4, -0.2) is 19.3 Å². The number of ether oxygens (including phenoxy) is 2. The molecule has 3 aromatic rings. The molecule has 0 bridgehead atoms. The van der Waals surface area contributed by atoms with Gasteiger partial charge in [0.15, 0.2) is 0 Å². The molecular formula is C18H16AcO5. The summed E-state index contributed by atoms with van der Waals surface area (Å²) in [6.07, 6.45) is 0. The molecule has 0 unspecified atom stereocenters. The number of phenolic OH excluding ortho intramolecular Hbond substituents is 1. The van der Waals surface area contributed by atoms with Gasteiger partial charge in [-0.25, -0.2) is 4.79 Å². The minimum Gasteiger partial charge on any atom is -0.508 e. The topological polar surface area (TPSA) is 68.9 Å². The van der Waals surface area contributed by atoms with Crippen LogP contribution < -0.4 is 15.1 Å². The van der Waals surface area contributed by atoms with Gasteiger partial charge in [0.25, 0.3) is 0 Å². The fraction of sp³-hybridized carbons (Fsp3) is 0.167. The summed E-state index contributed by atoms with van der Waals surface area (Å²) < 4.78 is 15.9. The number of rotatable bonds is 3. The largest absolute Gasteiger partial charge is 0.508 e. The molecule has 0 amide bonds. The molecule has 0 aliphatic rings. The maximum absolute atomic E-state index is 12.5. The fourth-order valence-corrected chi connectivity index (χ4v) is 2.66. The van der Waals surface area contributed by atoms with Crippen LogP contribution in [0.3, 0.4) is 0 Å². The second-order valence-corrected chi connectivity index (χ2v) is 5.14. The Labute approximate surface area is 174 Å². The van der Waals surface area contributed by atoms with E-state index >= 15 is 0 Å². The number of hydrogen-bond acceptors (Lipinski definition) is 5. The van der Waals surface area contributed by atoms with Gasteiger partial charge in [-0.1, -0.05) is 0 Å². The molecular weight excluding hydrogens is 523 g/mol. The molecule has 0 spiro atoms. The van der Waals surface area contributed by atoms with Crippen LogP contribution in [0.5, 0.6) is 17.2 Å². The van der Waals surface area contributed by atoms with Gasteiger partial charge >= 0.3 is 5.63 Å². The van der Waals surface area contributed by atoms with E-state index in [1.807, 2.05) is 6.92 Å². The zero-order valence-corrected chi connectivity index (χ0v) is 18.4. The number of aryl methyl sites for hydroxylation is 1. The Morgan fingerprint density at radius 2 is 1.79 bits per heavy atom. The third-order valence-electron chi connectivity index (χ3n) is 3.83. The summed E-state index contributed by atoms with van der Waals surface area (Å²) in [5, 5.41) is 10.3. The first-order valence-electron chi connectivity index (χ1n) is 7.04. The van der Waals surface area contributed by atoms with Crippen LogP contribution in [0.25, 0.3) is 22.1 Å². The smallest absolute Gasteiger partial charge is 0.344 e. The van der Waals surface area contributed by atoms with Crippen LogP contribution in [0.4, 0.5) is 0 Å². The van der Waals surface area contributed by atoms with Crippen molar-refractivity contribution in [1.82, 2.24) is 0 Å². The van der Waals surface area contributed by atoms with Crippen LogP contribution in [0.1, 0.15) is 5.56 Å². The van der Waals surface area contributed by atoms with Crippen molar-refractivity contribution in [2.24, 2.45) is 0 Å². The van der Waals surface area contributed by atoms with E-state index in [-0.39, 0.29) is 49.8 Å². The Hall–Kier alpha value is -1.51. The van der Waals surface area contributed by atoms with Gasteiger partial charge in [-0.3, -0.25) is 0 Å². The van der Waals surface area contributed by atoms with Gasteiger partial charge in [0, 0.05) is 67.1 Å². The van der Waals surface area contributed by atoms with Gasteiger partial charge in [-0.2, -0.15) is 0 Å². The molecule has 24 heavy (non-hydrogen) atoms. The van der Waals surface area contributed by atoms with E-state index < -0.39 is 5.63 Å². The molecule has 121 valence electrons. The Morgan fingerprint density at radius 3 is 2.46 bits per heavy atom. The van der Waals surface area contributed by atoms with Crippen molar-refractivity contribution in [3.8, 4) is 28.4 Å². The van der Waals surface area contributed by atoms with Crippen LogP contribution >= 0.6 is 0 Å². The fourth-order valence-electron chi connectivity index (χ4n) is 2.66.